The Morgan fingerprint density at radius 1 is 1.33 bits per heavy atom. The lowest BCUT2D eigenvalue weighted by molar-refractivity contribution is -0.125. The van der Waals surface area contributed by atoms with Crippen LogP contribution in [0.2, 0.25) is 0 Å². The molecule has 0 bridgehead atoms. The number of para-hydroxylation sites is 1. The van der Waals surface area contributed by atoms with Gasteiger partial charge in [0.2, 0.25) is 11.8 Å². The van der Waals surface area contributed by atoms with Crippen molar-refractivity contribution in [1.82, 2.24) is 9.80 Å². The molecular formula is C14H16FN3O3. The summed E-state index contributed by atoms with van der Waals surface area (Å²) in [5, 5.41) is 2.45. The maximum atomic E-state index is 13.3. The number of halogens is 1. The van der Waals surface area contributed by atoms with E-state index in [1.807, 2.05) is 0 Å². The molecule has 1 fully saturated rings. The zero-order chi connectivity index (χ0) is 15.4. The van der Waals surface area contributed by atoms with Gasteiger partial charge in [0, 0.05) is 20.0 Å². The van der Waals surface area contributed by atoms with Gasteiger partial charge in [-0.2, -0.15) is 0 Å². The molecule has 1 heterocycles. The van der Waals surface area contributed by atoms with Gasteiger partial charge in [0.25, 0.3) is 0 Å². The van der Waals surface area contributed by atoms with Crippen molar-refractivity contribution in [3.8, 4) is 0 Å². The van der Waals surface area contributed by atoms with E-state index in [9.17, 15) is 18.8 Å². The molecule has 1 N–H and O–H groups in total. The van der Waals surface area contributed by atoms with Crippen LogP contribution in [0.3, 0.4) is 0 Å². The summed E-state index contributed by atoms with van der Waals surface area (Å²) in [6.07, 6.45) is 0.445. The molecule has 0 aromatic heterocycles. The van der Waals surface area contributed by atoms with Crippen LogP contribution >= 0.6 is 0 Å². The molecule has 1 aromatic carbocycles. The Balaban J connectivity index is 1.79. The number of urea groups is 1. The van der Waals surface area contributed by atoms with E-state index >= 15 is 0 Å². The van der Waals surface area contributed by atoms with Gasteiger partial charge in [-0.05, 0) is 18.6 Å². The zero-order valence-corrected chi connectivity index (χ0v) is 11.6. The average molecular weight is 293 g/mol. The number of nitrogens with zero attached hydrogens (tertiary/aromatic N) is 2. The Morgan fingerprint density at radius 3 is 2.67 bits per heavy atom. The number of carbonyl (C=O) groups excluding carboxylic acids is 3. The lowest BCUT2D eigenvalue weighted by atomic mass is 10.2. The summed E-state index contributed by atoms with van der Waals surface area (Å²) in [4.78, 5) is 37.3. The van der Waals surface area contributed by atoms with Crippen LogP contribution in [0.15, 0.2) is 24.3 Å². The highest BCUT2D eigenvalue weighted by Crippen LogP contribution is 2.13. The van der Waals surface area contributed by atoms with Crippen molar-refractivity contribution in [2.24, 2.45) is 0 Å². The summed E-state index contributed by atoms with van der Waals surface area (Å²) in [5.41, 5.74) is 0.121. The first-order chi connectivity index (χ1) is 9.99. The lowest BCUT2D eigenvalue weighted by Crippen LogP contribution is -2.32. The molecule has 0 atom stereocenters. The van der Waals surface area contributed by atoms with Crippen LogP contribution in [0.25, 0.3) is 0 Å². The highest BCUT2D eigenvalue weighted by molar-refractivity contribution is 6.01. The number of carbonyl (C=O) groups is 3. The van der Waals surface area contributed by atoms with Crippen LogP contribution in [0.1, 0.15) is 12.8 Å². The highest BCUT2D eigenvalue weighted by Gasteiger charge is 2.32. The van der Waals surface area contributed by atoms with E-state index in [4.69, 9.17) is 0 Å². The Labute approximate surface area is 121 Å². The predicted molar refractivity (Wildman–Crippen MR) is 74.0 cm³/mol. The van der Waals surface area contributed by atoms with Gasteiger partial charge in [-0.1, -0.05) is 12.1 Å². The Bertz CT molecular complexity index is 576. The van der Waals surface area contributed by atoms with Crippen LogP contribution in [0.4, 0.5) is 14.9 Å². The summed E-state index contributed by atoms with van der Waals surface area (Å²) in [6.45, 7) is 0.257. The standard InChI is InChI=1S/C14H16FN3O3/c1-17-9-13(20)18(14(17)21)8-4-7-12(19)16-11-6-3-2-5-10(11)15/h2-3,5-6H,4,7-9H2,1H3,(H,16,19). The molecule has 0 saturated carbocycles. The van der Waals surface area contributed by atoms with E-state index in [1.54, 1.807) is 13.1 Å². The van der Waals surface area contributed by atoms with E-state index in [0.717, 1.165) is 4.90 Å². The molecule has 7 heteroatoms. The molecule has 4 amide bonds. The Morgan fingerprint density at radius 2 is 2.05 bits per heavy atom. The third kappa shape index (κ3) is 3.56. The second-order valence-electron chi connectivity index (χ2n) is 4.82. The average Bonchev–Trinajstić information content (AvgIpc) is 2.68. The summed E-state index contributed by atoms with van der Waals surface area (Å²) < 4.78 is 13.3. The topological polar surface area (TPSA) is 69.7 Å². The third-order valence-electron chi connectivity index (χ3n) is 3.16. The molecule has 1 aliphatic rings. The minimum absolute atomic E-state index is 0.0697. The Kier molecular flexibility index (Phi) is 4.52. The molecular weight excluding hydrogens is 277 g/mol. The maximum Gasteiger partial charge on any atom is 0.326 e. The number of imide groups is 1. The van der Waals surface area contributed by atoms with Crippen LogP contribution in [0, 0.1) is 5.82 Å². The molecule has 1 saturated heterocycles. The summed E-state index contributed by atoms with van der Waals surface area (Å²) in [7, 11) is 1.55. The van der Waals surface area contributed by atoms with Crippen molar-refractivity contribution in [1.29, 1.82) is 0 Å². The minimum Gasteiger partial charge on any atom is -0.324 e. The van der Waals surface area contributed by atoms with E-state index in [-0.39, 0.29) is 43.0 Å². The zero-order valence-electron chi connectivity index (χ0n) is 11.6. The van der Waals surface area contributed by atoms with E-state index in [2.05, 4.69) is 5.32 Å². The first-order valence-corrected chi connectivity index (χ1v) is 6.59. The van der Waals surface area contributed by atoms with Crippen molar-refractivity contribution in [3.05, 3.63) is 30.1 Å². The predicted octanol–water partition coefficient (Wildman–Crippen LogP) is 1.44. The number of hydrogen-bond donors (Lipinski definition) is 1. The van der Waals surface area contributed by atoms with Gasteiger partial charge in [-0.3, -0.25) is 14.5 Å². The lowest BCUT2D eigenvalue weighted by Gasteiger charge is -2.13. The van der Waals surface area contributed by atoms with Gasteiger partial charge in [0.1, 0.15) is 12.4 Å². The molecule has 2 rings (SSSR count). The molecule has 1 aliphatic heterocycles. The molecule has 0 radical (unpaired) electrons. The quantitative estimate of drug-likeness (QED) is 0.835. The largest absolute Gasteiger partial charge is 0.326 e. The van der Waals surface area contributed by atoms with Gasteiger partial charge >= 0.3 is 6.03 Å². The number of likely N-dealkylation sites (N-methyl/N-ethyl adjacent to an activating group) is 1. The van der Waals surface area contributed by atoms with Crippen molar-refractivity contribution in [2.45, 2.75) is 12.8 Å². The van der Waals surface area contributed by atoms with E-state index in [1.165, 1.54) is 23.1 Å². The molecule has 0 spiro atoms. The number of amides is 4. The van der Waals surface area contributed by atoms with Crippen molar-refractivity contribution < 1.29 is 18.8 Å². The Hall–Kier alpha value is -2.44. The van der Waals surface area contributed by atoms with Crippen molar-refractivity contribution in [3.63, 3.8) is 0 Å². The van der Waals surface area contributed by atoms with Gasteiger partial charge in [0.15, 0.2) is 0 Å². The van der Waals surface area contributed by atoms with Gasteiger partial charge in [-0.25, -0.2) is 9.18 Å². The molecule has 6 nitrogen and oxygen atoms in total. The number of anilines is 1. The fourth-order valence-corrected chi connectivity index (χ4v) is 2.06. The normalized spacial score (nSPS) is 14.8. The van der Waals surface area contributed by atoms with Crippen LogP contribution in [-0.4, -0.2) is 47.8 Å². The number of rotatable bonds is 5. The second-order valence-corrected chi connectivity index (χ2v) is 4.82. The van der Waals surface area contributed by atoms with Crippen LogP contribution in [0.5, 0.6) is 0 Å². The fraction of sp³-hybridized carbons (Fsp3) is 0.357. The third-order valence-corrected chi connectivity index (χ3v) is 3.16. The molecule has 112 valence electrons. The first-order valence-electron chi connectivity index (χ1n) is 6.59. The van der Waals surface area contributed by atoms with E-state index in [0.29, 0.717) is 6.42 Å². The second kappa shape index (κ2) is 6.34. The fourth-order valence-electron chi connectivity index (χ4n) is 2.06. The smallest absolute Gasteiger partial charge is 0.324 e. The molecule has 0 aliphatic carbocycles. The van der Waals surface area contributed by atoms with Crippen molar-refractivity contribution >= 4 is 23.5 Å². The molecule has 1 aromatic rings. The van der Waals surface area contributed by atoms with Crippen LogP contribution < -0.4 is 5.32 Å². The van der Waals surface area contributed by atoms with Gasteiger partial charge < -0.3 is 10.2 Å². The van der Waals surface area contributed by atoms with Crippen LogP contribution in [-0.2, 0) is 9.59 Å². The first kappa shape index (κ1) is 15.0. The number of hydrogen-bond acceptors (Lipinski definition) is 3. The van der Waals surface area contributed by atoms with Gasteiger partial charge in [0.05, 0.1) is 5.69 Å². The SMILES string of the molecule is CN1CC(=O)N(CCCC(=O)Nc2ccccc2F)C1=O. The number of benzene rings is 1. The summed E-state index contributed by atoms with van der Waals surface area (Å²) in [6, 6.07) is 5.53. The summed E-state index contributed by atoms with van der Waals surface area (Å²) in [5.74, 6) is -1.12. The van der Waals surface area contributed by atoms with E-state index < -0.39 is 5.82 Å². The number of nitrogens with one attached hydrogen (secondary N) is 1. The van der Waals surface area contributed by atoms with Gasteiger partial charge in [-0.15, -0.1) is 0 Å². The van der Waals surface area contributed by atoms with Crippen molar-refractivity contribution in [2.75, 3.05) is 25.5 Å². The monoisotopic (exact) mass is 293 g/mol. The summed E-state index contributed by atoms with van der Waals surface area (Å²) >= 11 is 0. The minimum atomic E-state index is -0.502. The molecule has 21 heavy (non-hydrogen) atoms. The maximum absolute atomic E-state index is 13.3. The molecule has 0 unspecified atom stereocenters. The highest BCUT2D eigenvalue weighted by atomic mass is 19.1.